The topological polar surface area (TPSA) is 35.5 Å². The average molecular weight is 277 g/mol. The highest BCUT2D eigenvalue weighted by Gasteiger charge is 2.18. The van der Waals surface area contributed by atoms with Crippen molar-refractivity contribution in [2.75, 3.05) is 56.1 Å². The van der Waals surface area contributed by atoms with E-state index >= 15 is 0 Å². The Labute approximate surface area is 122 Å². The normalized spacial score (nSPS) is 16.4. The van der Waals surface area contributed by atoms with Crippen molar-refractivity contribution in [2.45, 2.75) is 26.7 Å². The van der Waals surface area contributed by atoms with Crippen molar-refractivity contribution in [1.82, 2.24) is 14.9 Å². The number of anilines is 2. The smallest absolute Gasteiger partial charge is 0.227 e. The molecule has 1 aromatic heterocycles. The molecule has 2 heterocycles. The largest absolute Gasteiger partial charge is 0.360 e. The maximum atomic E-state index is 4.72. The van der Waals surface area contributed by atoms with Gasteiger partial charge in [-0.3, -0.25) is 0 Å². The molecule has 0 spiro atoms. The Bertz CT molecular complexity index is 401. The summed E-state index contributed by atoms with van der Waals surface area (Å²) in [4.78, 5) is 16.1. The zero-order chi connectivity index (χ0) is 14.4. The molecule has 1 aliphatic heterocycles. The molecule has 1 aromatic rings. The van der Waals surface area contributed by atoms with Gasteiger partial charge in [-0.1, -0.05) is 20.3 Å². The second-order valence-electron chi connectivity index (χ2n) is 5.41. The van der Waals surface area contributed by atoms with Crippen LogP contribution in [0.25, 0.3) is 0 Å². The number of unbranched alkanes of at least 4 members (excludes halogenated alkanes) is 1. The van der Waals surface area contributed by atoms with Gasteiger partial charge < -0.3 is 14.7 Å². The third-order valence-corrected chi connectivity index (χ3v) is 3.97. The van der Waals surface area contributed by atoms with Crippen molar-refractivity contribution in [1.29, 1.82) is 0 Å². The molecule has 0 aromatic carbocycles. The monoisotopic (exact) mass is 277 g/mol. The van der Waals surface area contributed by atoms with Gasteiger partial charge in [-0.05, 0) is 19.0 Å². The second kappa shape index (κ2) is 7.43. The quantitative estimate of drug-likeness (QED) is 0.793. The molecule has 1 fully saturated rings. The molecule has 0 bridgehead atoms. The maximum absolute atomic E-state index is 4.72. The number of hydrogen-bond acceptors (Lipinski definition) is 5. The summed E-state index contributed by atoms with van der Waals surface area (Å²) in [6.07, 6.45) is 4.29. The lowest BCUT2D eigenvalue weighted by molar-refractivity contribution is 0.270. The van der Waals surface area contributed by atoms with Crippen molar-refractivity contribution in [3.05, 3.63) is 12.3 Å². The van der Waals surface area contributed by atoms with Gasteiger partial charge in [0.2, 0.25) is 5.95 Å². The molecule has 0 aliphatic carbocycles. The van der Waals surface area contributed by atoms with Gasteiger partial charge in [0.1, 0.15) is 5.82 Å². The summed E-state index contributed by atoms with van der Waals surface area (Å²) >= 11 is 0. The van der Waals surface area contributed by atoms with Crippen molar-refractivity contribution >= 4 is 11.8 Å². The molecule has 1 aliphatic rings. The van der Waals surface area contributed by atoms with E-state index in [0.29, 0.717) is 0 Å². The summed E-state index contributed by atoms with van der Waals surface area (Å²) in [5.41, 5.74) is 0. The standard InChI is InChI=1S/C15H27N5/c1-4-6-9-18(3)14-7-8-16-15(17-14)20-12-10-19(5-2)11-13-20/h7-8H,4-6,9-13H2,1-3H3. The molecule has 1 saturated heterocycles. The fourth-order valence-electron chi connectivity index (χ4n) is 2.48. The van der Waals surface area contributed by atoms with E-state index in [4.69, 9.17) is 4.98 Å². The van der Waals surface area contributed by atoms with Crippen molar-refractivity contribution in [3.63, 3.8) is 0 Å². The fraction of sp³-hybridized carbons (Fsp3) is 0.733. The van der Waals surface area contributed by atoms with E-state index in [1.807, 2.05) is 12.3 Å². The van der Waals surface area contributed by atoms with Crippen LogP contribution < -0.4 is 9.80 Å². The lowest BCUT2D eigenvalue weighted by Gasteiger charge is -2.34. The minimum Gasteiger partial charge on any atom is -0.360 e. The predicted octanol–water partition coefficient (Wildman–Crippen LogP) is 1.85. The SMILES string of the molecule is CCCCN(C)c1ccnc(N2CCN(CC)CC2)n1. The van der Waals surface area contributed by atoms with Crippen molar-refractivity contribution < 1.29 is 0 Å². The van der Waals surface area contributed by atoms with Gasteiger partial charge >= 0.3 is 0 Å². The van der Waals surface area contributed by atoms with E-state index in [1.54, 1.807) is 0 Å². The first-order chi connectivity index (χ1) is 9.74. The lowest BCUT2D eigenvalue weighted by atomic mass is 10.3. The summed E-state index contributed by atoms with van der Waals surface area (Å²) in [5.74, 6) is 1.91. The molecule has 0 radical (unpaired) electrons. The molecule has 5 nitrogen and oxygen atoms in total. The van der Waals surface area contributed by atoms with Crippen LogP contribution in [-0.4, -0.2) is 61.2 Å². The first kappa shape index (κ1) is 15.0. The van der Waals surface area contributed by atoms with Crippen molar-refractivity contribution in [3.8, 4) is 0 Å². The summed E-state index contributed by atoms with van der Waals surface area (Å²) in [5, 5.41) is 0. The van der Waals surface area contributed by atoms with Gasteiger partial charge in [-0.15, -0.1) is 0 Å². The summed E-state index contributed by atoms with van der Waals surface area (Å²) in [6.45, 7) is 10.9. The molecule has 0 amide bonds. The van der Waals surface area contributed by atoms with Crippen LogP contribution in [0.15, 0.2) is 12.3 Å². The maximum Gasteiger partial charge on any atom is 0.227 e. The minimum atomic E-state index is 0.876. The van der Waals surface area contributed by atoms with Gasteiger partial charge in [-0.2, -0.15) is 4.98 Å². The number of piperazine rings is 1. The van der Waals surface area contributed by atoms with Crippen LogP contribution in [0.3, 0.4) is 0 Å². The molecule has 0 N–H and O–H groups in total. The van der Waals surface area contributed by atoms with Crippen LogP contribution in [0.1, 0.15) is 26.7 Å². The van der Waals surface area contributed by atoms with E-state index in [1.165, 1.54) is 12.8 Å². The second-order valence-corrected chi connectivity index (χ2v) is 5.41. The van der Waals surface area contributed by atoms with Crippen LogP contribution in [0.2, 0.25) is 0 Å². The average Bonchev–Trinajstić information content (AvgIpc) is 2.52. The van der Waals surface area contributed by atoms with E-state index in [2.05, 4.69) is 40.6 Å². The molecular formula is C15H27N5. The predicted molar refractivity (Wildman–Crippen MR) is 84.5 cm³/mol. The summed E-state index contributed by atoms with van der Waals surface area (Å²) < 4.78 is 0. The molecule has 2 rings (SSSR count). The van der Waals surface area contributed by atoms with E-state index in [0.717, 1.165) is 51.0 Å². The molecule has 20 heavy (non-hydrogen) atoms. The first-order valence-electron chi connectivity index (χ1n) is 7.76. The number of rotatable bonds is 6. The van der Waals surface area contributed by atoms with E-state index < -0.39 is 0 Å². The fourth-order valence-corrected chi connectivity index (χ4v) is 2.48. The van der Waals surface area contributed by atoms with Crippen LogP contribution in [0.5, 0.6) is 0 Å². The molecule has 5 heteroatoms. The number of likely N-dealkylation sites (N-methyl/N-ethyl adjacent to an activating group) is 1. The lowest BCUT2D eigenvalue weighted by Crippen LogP contribution is -2.46. The number of aromatic nitrogens is 2. The first-order valence-corrected chi connectivity index (χ1v) is 7.76. The Morgan fingerprint density at radius 1 is 1.20 bits per heavy atom. The van der Waals surface area contributed by atoms with Crippen LogP contribution in [-0.2, 0) is 0 Å². The van der Waals surface area contributed by atoms with E-state index in [-0.39, 0.29) is 0 Å². The zero-order valence-corrected chi connectivity index (χ0v) is 13.0. The highest BCUT2D eigenvalue weighted by molar-refractivity contribution is 5.43. The van der Waals surface area contributed by atoms with Gasteiger partial charge in [0.25, 0.3) is 0 Å². The Kier molecular flexibility index (Phi) is 5.59. The van der Waals surface area contributed by atoms with Gasteiger partial charge in [0.15, 0.2) is 0 Å². The molecule has 0 atom stereocenters. The number of hydrogen-bond donors (Lipinski definition) is 0. The Morgan fingerprint density at radius 2 is 1.95 bits per heavy atom. The Morgan fingerprint density at radius 3 is 2.60 bits per heavy atom. The van der Waals surface area contributed by atoms with Gasteiger partial charge in [-0.25, -0.2) is 4.98 Å². The Hall–Kier alpha value is -1.36. The third kappa shape index (κ3) is 3.82. The van der Waals surface area contributed by atoms with Crippen LogP contribution in [0, 0.1) is 0 Å². The van der Waals surface area contributed by atoms with Crippen LogP contribution >= 0.6 is 0 Å². The highest BCUT2D eigenvalue weighted by Crippen LogP contribution is 2.16. The van der Waals surface area contributed by atoms with Gasteiger partial charge in [0, 0.05) is 46.0 Å². The summed E-state index contributed by atoms with van der Waals surface area (Å²) in [7, 11) is 2.11. The van der Waals surface area contributed by atoms with Crippen LogP contribution in [0.4, 0.5) is 11.8 Å². The van der Waals surface area contributed by atoms with Crippen molar-refractivity contribution in [2.24, 2.45) is 0 Å². The zero-order valence-electron chi connectivity index (χ0n) is 13.0. The Balaban J connectivity index is 1.99. The molecule has 0 saturated carbocycles. The third-order valence-electron chi connectivity index (χ3n) is 3.97. The molecule has 112 valence electrons. The van der Waals surface area contributed by atoms with Gasteiger partial charge in [0.05, 0.1) is 0 Å². The number of nitrogens with zero attached hydrogens (tertiary/aromatic N) is 5. The molecular weight excluding hydrogens is 250 g/mol. The molecule has 0 unspecified atom stereocenters. The van der Waals surface area contributed by atoms with E-state index in [9.17, 15) is 0 Å². The highest BCUT2D eigenvalue weighted by atomic mass is 15.3. The summed E-state index contributed by atoms with van der Waals surface area (Å²) in [6, 6.07) is 2.00. The minimum absolute atomic E-state index is 0.876.